The summed E-state index contributed by atoms with van der Waals surface area (Å²) >= 11 is 0. The average molecular weight is 343 g/mol. The summed E-state index contributed by atoms with van der Waals surface area (Å²) in [6, 6.07) is 11.1. The summed E-state index contributed by atoms with van der Waals surface area (Å²) in [5.74, 6) is 2.21. The summed E-state index contributed by atoms with van der Waals surface area (Å²) in [6.45, 7) is 3.89. The molecular formula is C20H25NO4. The number of carbonyl (C=O) groups is 1. The van der Waals surface area contributed by atoms with Crippen molar-refractivity contribution in [3.05, 3.63) is 53.1 Å². The van der Waals surface area contributed by atoms with Crippen LogP contribution in [0.3, 0.4) is 0 Å². The van der Waals surface area contributed by atoms with Crippen molar-refractivity contribution in [1.29, 1.82) is 0 Å². The van der Waals surface area contributed by atoms with Gasteiger partial charge in [0.25, 0.3) is 0 Å². The predicted octanol–water partition coefficient (Wildman–Crippen LogP) is 3.44. The molecule has 2 aromatic carbocycles. The standard InChI is InChI=1S/C20H25NO4/c1-13-10-15(6-8-18(13)24-4)11-20(22)21-14(2)17-12-16(23-3)7-9-19(17)25-5/h6-10,12,14H,11H2,1-5H3,(H,21,22). The molecule has 0 fully saturated rings. The van der Waals surface area contributed by atoms with Gasteiger partial charge in [-0.3, -0.25) is 4.79 Å². The van der Waals surface area contributed by atoms with E-state index in [4.69, 9.17) is 14.2 Å². The number of aryl methyl sites for hydroxylation is 1. The minimum atomic E-state index is -0.197. The van der Waals surface area contributed by atoms with Crippen LogP contribution in [0, 0.1) is 6.92 Å². The number of ether oxygens (including phenoxy) is 3. The largest absolute Gasteiger partial charge is 0.497 e. The van der Waals surface area contributed by atoms with Crippen molar-refractivity contribution < 1.29 is 19.0 Å². The molecule has 1 atom stereocenters. The third kappa shape index (κ3) is 4.66. The van der Waals surface area contributed by atoms with Gasteiger partial charge in [-0.15, -0.1) is 0 Å². The highest BCUT2D eigenvalue weighted by molar-refractivity contribution is 5.79. The maximum atomic E-state index is 12.4. The van der Waals surface area contributed by atoms with Crippen molar-refractivity contribution in [2.75, 3.05) is 21.3 Å². The summed E-state index contributed by atoms with van der Waals surface area (Å²) < 4.78 is 15.9. The van der Waals surface area contributed by atoms with E-state index in [0.717, 1.165) is 28.2 Å². The van der Waals surface area contributed by atoms with Gasteiger partial charge < -0.3 is 19.5 Å². The quantitative estimate of drug-likeness (QED) is 0.837. The van der Waals surface area contributed by atoms with Crippen LogP contribution in [0.25, 0.3) is 0 Å². The van der Waals surface area contributed by atoms with Crippen LogP contribution in [0.1, 0.15) is 29.7 Å². The van der Waals surface area contributed by atoms with E-state index in [1.54, 1.807) is 21.3 Å². The molecule has 25 heavy (non-hydrogen) atoms. The molecular weight excluding hydrogens is 318 g/mol. The van der Waals surface area contributed by atoms with Gasteiger partial charge in [-0.05, 0) is 49.2 Å². The molecule has 0 aliphatic rings. The lowest BCUT2D eigenvalue weighted by Crippen LogP contribution is -2.28. The van der Waals surface area contributed by atoms with Crippen LogP contribution < -0.4 is 19.5 Å². The summed E-state index contributed by atoms with van der Waals surface area (Å²) in [4.78, 5) is 12.4. The second kappa shape index (κ2) is 8.42. The fraction of sp³-hybridized carbons (Fsp3) is 0.350. The molecule has 0 saturated carbocycles. The van der Waals surface area contributed by atoms with Crippen molar-refractivity contribution in [1.82, 2.24) is 5.32 Å². The van der Waals surface area contributed by atoms with E-state index >= 15 is 0 Å². The van der Waals surface area contributed by atoms with Gasteiger partial charge in [0.05, 0.1) is 33.8 Å². The molecule has 2 rings (SSSR count). The highest BCUT2D eigenvalue weighted by Crippen LogP contribution is 2.29. The number of rotatable bonds is 7. The predicted molar refractivity (Wildman–Crippen MR) is 97.5 cm³/mol. The Labute approximate surface area is 148 Å². The Morgan fingerprint density at radius 3 is 2.28 bits per heavy atom. The molecule has 134 valence electrons. The van der Waals surface area contributed by atoms with E-state index < -0.39 is 0 Å². The molecule has 0 aliphatic heterocycles. The number of methoxy groups -OCH3 is 3. The molecule has 0 bridgehead atoms. The normalized spacial score (nSPS) is 11.6. The van der Waals surface area contributed by atoms with Crippen molar-refractivity contribution in [2.24, 2.45) is 0 Å². The first-order chi connectivity index (χ1) is 12.0. The molecule has 5 heteroatoms. The Morgan fingerprint density at radius 2 is 1.68 bits per heavy atom. The van der Waals surface area contributed by atoms with E-state index in [-0.39, 0.29) is 11.9 Å². The lowest BCUT2D eigenvalue weighted by atomic mass is 10.0. The fourth-order valence-corrected chi connectivity index (χ4v) is 2.78. The Bertz CT molecular complexity index is 742. The molecule has 0 spiro atoms. The van der Waals surface area contributed by atoms with Crippen molar-refractivity contribution in [3.8, 4) is 17.2 Å². The first-order valence-electron chi connectivity index (χ1n) is 8.13. The van der Waals surface area contributed by atoms with Crippen molar-refractivity contribution in [3.63, 3.8) is 0 Å². The molecule has 0 heterocycles. The minimum Gasteiger partial charge on any atom is -0.497 e. The van der Waals surface area contributed by atoms with Crippen molar-refractivity contribution in [2.45, 2.75) is 26.3 Å². The van der Waals surface area contributed by atoms with E-state index in [2.05, 4.69) is 5.32 Å². The lowest BCUT2D eigenvalue weighted by Gasteiger charge is -2.18. The zero-order valence-corrected chi connectivity index (χ0v) is 15.4. The minimum absolute atomic E-state index is 0.0538. The highest BCUT2D eigenvalue weighted by atomic mass is 16.5. The third-order valence-corrected chi connectivity index (χ3v) is 4.10. The zero-order chi connectivity index (χ0) is 18.4. The van der Waals surface area contributed by atoms with Gasteiger partial charge in [-0.25, -0.2) is 0 Å². The Balaban J connectivity index is 2.08. The smallest absolute Gasteiger partial charge is 0.224 e. The summed E-state index contributed by atoms with van der Waals surface area (Å²) in [5.41, 5.74) is 2.83. The summed E-state index contributed by atoms with van der Waals surface area (Å²) in [7, 11) is 4.86. The number of hydrogen-bond acceptors (Lipinski definition) is 4. The Morgan fingerprint density at radius 1 is 1.00 bits per heavy atom. The van der Waals surface area contributed by atoms with Gasteiger partial charge in [0.2, 0.25) is 5.91 Å². The van der Waals surface area contributed by atoms with Gasteiger partial charge in [0.1, 0.15) is 17.2 Å². The Kier molecular flexibility index (Phi) is 6.28. The van der Waals surface area contributed by atoms with Crippen LogP contribution in [-0.4, -0.2) is 27.2 Å². The van der Waals surface area contributed by atoms with Gasteiger partial charge in [0.15, 0.2) is 0 Å². The van der Waals surface area contributed by atoms with Gasteiger partial charge >= 0.3 is 0 Å². The number of carbonyl (C=O) groups excluding carboxylic acids is 1. The zero-order valence-electron chi connectivity index (χ0n) is 15.4. The molecule has 1 unspecified atom stereocenters. The second-order valence-electron chi connectivity index (χ2n) is 5.88. The molecule has 0 saturated heterocycles. The monoisotopic (exact) mass is 343 g/mol. The second-order valence-corrected chi connectivity index (χ2v) is 5.88. The molecule has 1 amide bonds. The highest BCUT2D eigenvalue weighted by Gasteiger charge is 2.16. The van der Waals surface area contributed by atoms with Gasteiger partial charge in [0, 0.05) is 5.56 Å². The SMILES string of the molecule is COc1ccc(OC)c(C(C)NC(=O)Cc2ccc(OC)c(C)c2)c1. The van der Waals surface area contributed by atoms with Crippen LogP contribution in [0.5, 0.6) is 17.2 Å². The maximum absolute atomic E-state index is 12.4. The summed E-state index contributed by atoms with van der Waals surface area (Å²) in [5, 5.41) is 3.01. The first-order valence-corrected chi connectivity index (χ1v) is 8.13. The molecule has 1 N–H and O–H groups in total. The molecule has 0 radical (unpaired) electrons. The van der Waals surface area contributed by atoms with E-state index in [1.807, 2.05) is 50.2 Å². The summed E-state index contributed by atoms with van der Waals surface area (Å²) in [6.07, 6.45) is 0.307. The van der Waals surface area contributed by atoms with E-state index in [9.17, 15) is 4.79 Å². The van der Waals surface area contributed by atoms with Crippen LogP contribution >= 0.6 is 0 Å². The topological polar surface area (TPSA) is 56.8 Å². The van der Waals surface area contributed by atoms with Crippen LogP contribution in [0.2, 0.25) is 0 Å². The van der Waals surface area contributed by atoms with Gasteiger partial charge in [-0.1, -0.05) is 12.1 Å². The molecule has 2 aromatic rings. The van der Waals surface area contributed by atoms with E-state index in [0.29, 0.717) is 12.2 Å². The fourth-order valence-electron chi connectivity index (χ4n) is 2.78. The molecule has 0 aromatic heterocycles. The number of amides is 1. The maximum Gasteiger partial charge on any atom is 0.224 e. The van der Waals surface area contributed by atoms with E-state index in [1.165, 1.54) is 0 Å². The first kappa shape index (κ1) is 18.6. The third-order valence-electron chi connectivity index (χ3n) is 4.10. The van der Waals surface area contributed by atoms with Gasteiger partial charge in [-0.2, -0.15) is 0 Å². The number of hydrogen-bond donors (Lipinski definition) is 1. The van der Waals surface area contributed by atoms with Crippen LogP contribution in [0.15, 0.2) is 36.4 Å². The number of nitrogens with one attached hydrogen (secondary N) is 1. The van der Waals surface area contributed by atoms with Crippen LogP contribution in [0.4, 0.5) is 0 Å². The lowest BCUT2D eigenvalue weighted by molar-refractivity contribution is -0.121. The average Bonchev–Trinajstić information content (AvgIpc) is 2.61. The Hall–Kier alpha value is -2.69. The molecule has 0 aliphatic carbocycles. The number of benzene rings is 2. The molecule has 5 nitrogen and oxygen atoms in total. The van der Waals surface area contributed by atoms with Crippen LogP contribution in [-0.2, 0) is 11.2 Å². The van der Waals surface area contributed by atoms with Crippen molar-refractivity contribution >= 4 is 5.91 Å².